The van der Waals surface area contributed by atoms with E-state index < -0.39 is 5.60 Å². The SMILES string of the molecule is CC(C)(O)[C@@H]1CC[C@]2(C)CCC(=O)C(CCCCF)=C2C1. The van der Waals surface area contributed by atoms with Gasteiger partial charge in [-0.25, -0.2) is 0 Å². The van der Waals surface area contributed by atoms with Crippen LogP contribution in [0.3, 0.4) is 0 Å². The summed E-state index contributed by atoms with van der Waals surface area (Å²) in [6, 6.07) is 0. The van der Waals surface area contributed by atoms with Crippen LogP contribution in [0.4, 0.5) is 4.39 Å². The summed E-state index contributed by atoms with van der Waals surface area (Å²) in [7, 11) is 0. The second kappa shape index (κ2) is 6.20. The van der Waals surface area contributed by atoms with Gasteiger partial charge in [-0.1, -0.05) is 12.5 Å². The minimum atomic E-state index is -0.696. The molecule has 0 aromatic heterocycles. The van der Waals surface area contributed by atoms with Gasteiger partial charge in [-0.15, -0.1) is 0 Å². The third kappa shape index (κ3) is 3.56. The van der Waals surface area contributed by atoms with Gasteiger partial charge in [0, 0.05) is 6.42 Å². The number of unbranched alkanes of at least 4 members (excludes halogenated alkanes) is 1. The number of rotatable bonds is 5. The standard InChI is InChI=1S/C18H29FO2/c1-17(2,21)13-7-9-18(3)10-8-16(20)14(15(18)12-13)6-4-5-11-19/h13,21H,4-12H2,1-3H3/t13-,18-/m1/s1. The zero-order chi connectivity index (χ0) is 15.7. The first-order chi connectivity index (χ1) is 9.78. The highest BCUT2D eigenvalue weighted by Crippen LogP contribution is 2.52. The molecule has 0 aliphatic heterocycles. The largest absolute Gasteiger partial charge is 0.390 e. The van der Waals surface area contributed by atoms with E-state index in [1.54, 1.807) is 0 Å². The van der Waals surface area contributed by atoms with Crippen molar-refractivity contribution >= 4 is 5.78 Å². The number of alkyl halides is 1. The molecular weight excluding hydrogens is 267 g/mol. The molecule has 21 heavy (non-hydrogen) atoms. The Balaban J connectivity index is 2.27. The smallest absolute Gasteiger partial charge is 0.158 e. The van der Waals surface area contributed by atoms with Gasteiger partial charge in [-0.2, -0.15) is 0 Å². The van der Waals surface area contributed by atoms with Gasteiger partial charge in [0.05, 0.1) is 12.3 Å². The van der Waals surface area contributed by atoms with Crippen LogP contribution in [0, 0.1) is 11.3 Å². The number of ketones is 1. The van der Waals surface area contributed by atoms with E-state index in [1.165, 1.54) is 5.57 Å². The second-order valence-corrected chi connectivity index (χ2v) is 7.68. The first kappa shape index (κ1) is 16.7. The third-order valence-electron chi connectivity index (χ3n) is 5.64. The topological polar surface area (TPSA) is 37.3 Å². The number of Topliss-reactive ketones (excluding diaryl/α,β-unsaturated/α-hetero) is 1. The number of carbonyl (C=O) groups is 1. The van der Waals surface area contributed by atoms with Gasteiger partial charge in [0.15, 0.2) is 5.78 Å². The zero-order valence-electron chi connectivity index (χ0n) is 13.7. The Bertz CT molecular complexity index is 433. The lowest BCUT2D eigenvalue weighted by atomic mass is 9.59. The van der Waals surface area contributed by atoms with Gasteiger partial charge in [-0.05, 0) is 75.7 Å². The maximum atomic E-state index is 12.3. The molecule has 0 radical (unpaired) electrons. The summed E-state index contributed by atoms with van der Waals surface area (Å²) < 4.78 is 12.3. The first-order valence-corrected chi connectivity index (χ1v) is 8.32. The van der Waals surface area contributed by atoms with E-state index in [-0.39, 0.29) is 23.8 Å². The van der Waals surface area contributed by atoms with Crippen LogP contribution >= 0.6 is 0 Å². The van der Waals surface area contributed by atoms with Crippen molar-refractivity contribution in [2.75, 3.05) is 6.67 Å². The van der Waals surface area contributed by atoms with Crippen molar-refractivity contribution in [2.24, 2.45) is 11.3 Å². The lowest BCUT2D eigenvalue weighted by molar-refractivity contribution is -0.117. The van der Waals surface area contributed by atoms with E-state index in [1.807, 2.05) is 13.8 Å². The van der Waals surface area contributed by atoms with Crippen LogP contribution in [0.1, 0.15) is 72.1 Å². The predicted octanol–water partition coefficient (Wildman–Crippen LogP) is 4.36. The molecule has 2 atom stereocenters. The number of hydrogen-bond donors (Lipinski definition) is 1. The molecule has 2 nitrogen and oxygen atoms in total. The quantitative estimate of drug-likeness (QED) is 0.765. The molecular formula is C18H29FO2. The van der Waals surface area contributed by atoms with Crippen LogP contribution in [0.2, 0.25) is 0 Å². The van der Waals surface area contributed by atoms with Crippen molar-refractivity contribution in [1.82, 2.24) is 0 Å². The van der Waals surface area contributed by atoms with Crippen molar-refractivity contribution in [2.45, 2.75) is 77.7 Å². The zero-order valence-corrected chi connectivity index (χ0v) is 13.7. The third-order valence-corrected chi connectivity index (χ3v) is 5.64. The van der Waals surface area contributed by atoms with Crippen LogP contribution in [0.25, 0.3) is 0 Å². The Hall–Kier alpha value is -0.700. The molecule has 1 fully saturated rings. The van der Waals surface area contributed by atoms with Gasteiger partial charge in [0.1, 0.15) is 0 Å². The van der Waals surface area contributed by atoms with E-state index in [0.29, 0.717) is 19.3 Å². The summed E-state index contributed by atoms with van der Waals surface area (Å²) in [5.41, 5.74) is 1.67. The monoisotopic (exact) mass is 296 g/mol. The Morgan fingerprint density at radius 1 is 1.33 bits per heavy atom. The fourth-order valence-electron chi connectivity index (χ4n) is 4.00. The van der Waals surface area contributed by atoms with Crippen LogP contribution in [0.5, 0.6) is 0 Å². The molecule has 2 aliphatic carbocycles. The van der Waals surface area contributed by atoms with Crippen LogP contribution < -0.4 is 0 Å². The first-order valence-electron chi connectivity index (χ1n) is 8.32. The number of fused-ring (bicyclic) bond motifs is 1. The van der Waals surface area contributed by atoms with Gasteiger partial charge in [0.2, 0.25) is 0 Å². The highest BCUT2D eigenvalue weighted by atomic mass is 19.1. The molecule has 0 spiro atoms. The Labute approximate surface area is 127 Å². The van der Waals surface area contributed by atoms with Crippen LogP contribution in [0.15, 0.2) is 11.1 Å². The van der Waals surface area contributed by atoms with E-state index in [2.05, 4.69) is 6.92 Å². The molecule has 3 heteroatoms. The van der Waals surface area contributed by atoms with Crippen LogP contribution in [-0.4, -0.2) is 23.2 Å². The minimum Gasteiger partial charge on any atom is -0.390 e. The fraction of sp³-hybridized carbons (Fsp3) is 0.833. The maximum Gasteiger partial charge on any atom is 0.158 e. The summed E-state index contributed by atoms with van der Waals surface area (Å²) in [6.07, 6.45) is 6.49. The van der Waals surface area contributed by atoms with Crippen molar-refractivity contribution in [3.8, 4) is 0 Å². The van der Waals surface area contributed by atoms with Crippen LogP contribution in [-0.2, 0) is 4.79 Å². The normalized spacial score (nSPS) is 30.5. The summed E-state index contributed by atoms with van der Waals surface area (Å²) in [6.45, 7) is 5.70. The number of halogens is 1. The van der Waals surface area contributed by atoms with Crippen molar-refractivity contribution in [1.29, 1.82) is 0 Å². The van der Waals surface area contributed by atoms with Gasteiger partial charge >= 0.3 is 0 Å². The molecule has 2 aliphatic rings. The predicted molar refractivity (Wildman–Crippen MR) is 82.8 cm³/mol. The average Bonchev–Trinajstić information content (AvgIpc) is 2.40. The Morgan fingerprint density at radius 3 is 2.67 bits per heavy atom. The van der Waals surface area contributed by atoms with E-state index in [4.69, 9.17) is 0 Å². The van der Waals surface area contributed by atoms with Crippen molar-refractivity contribution in [3.63, 3.8) is 0 Å². The molecule has 2 rings (SSSR count). The second-order valence-electron chi connectivity index (χ2n) is 7.68. The Kier molecular flexibility index (Phi) is 4.92. The molecule has 120 valence electrons. The number of aliphatic hydroxyl groups is 1. The van der Waals surface area contributed by atoms with E-state index in [0.717, 1.165) is 37.7 Å². The molecule has 1 saturated carbocycles. The fourth-order valence-corrected chi connectivity index (χ4v) is 4.00. The number of hydrogen-bond acceptors (Lipinski definition) is 2. The molecule has 0 aromatic carbocycles. The lowest BCUT2D eigenvalue weighted by Crippen LogP contribution is -2.40. The highest BCUT2D eigenvalue weighted by Gasteiger charge is 2.44. The van der Waals surface area contributed by atoms with E-state index >= 15 is 0 Å². The molecule has 0 heterocycles. The van der Waals surface area contributed by atoms with Crippen molar-refractivity contribution in [3.05, 3.63) is 11.1 Å². The molecule has 0 aromatic rings. The molecule has 0 amide bonds. The average molecular weight is 296 g/mol. The molecule has 0 bridgehead atoms. The molecule has 0 saturated heterocycles. The van der Waals surface area contributed by atoms with Gasteiger partial charge < -0.3 is 5.11 Å². The number of carbonyl (C=O) groups excluding carboxylic acids is 1. The van der Waals surface area contributed by atoms with Crippen molar-refractivity contribution < 1.29 is 14.3 Å². The van der Waals surface area contributed by atoms with Gasteiger partial charge in [0.25, 0.3) is 0 Å². The summed E-state index contributed by atoms with van der Waals surface area (Å²) in [4.78, 5) is 12.3. The van der Waals surface area contributed by atoms with Gasteiger partial charge in [-0.3, -0.25) is 9.18 Å². The highest BCUT2D eigenvalue weighted by molar-refractivity contribution is 5.97. The number of allylic oxidation sites excluding steroid dienone is 2. The lowest BCUT2D eigenvalue weighted by Gasteiger charge is -2.46. The Morgan fingerprint density at radius 2 is 2.05 bits per heavy atom. The summed E-state index contributed by atoms with van der Waals surface area (Å²) in [5.74, 6) is 0.486. The minimum absolute atomic E-state index is 0.126. The van der Waals surface area contributed by atoms with E-state index in [9.17, 15) is 14.3 Å². The summed E-state index contributed by atoms with van der Waals surface area (Å²) >= 11 is 0. The molecule has 0 unspecified atom stereocenters. The maximum absolute atomic E-state index is 12.3. The molecule has 1 N–H and O–H groups in total. The summed E-state index contributed by atoms with van der Waals surface area (Å²) in [5, 5.41) is 10.3.